The Bertz CT molecular complexity index is 522. The van der Waals surface area contributed by atoms with Crippen molar-refractivity contribution in [1.82, 2.24) is 20.4 Å². The minimum Gasteiger partial charge on any atom is -0.383 e. The largest absolute Gasteiger partial charge is 0.383 e. The van der Waals surface area contributed by atoms with Gasteiger partial charge in [0.25, 0.3) is 0 Å². The van der Waals surface area contributed by atoms with Gasteiger partial charge >= 0.3 is 0 Å². The third-order valence-corrected chi connectivity index (χ3v) is 4.28. The normalized spacial score (nSPS) is 12.0. The van der Waals surface area contributed by atoms with Crippen molar-refractivity contribution in [2.24, 2.45) is 10.9 Å². The van der Waals surface area contributed by atoms with Gasteiger partial charge in [-0.2, -0.15) is 5.10 Å². The van der Waals surface area contributed by atoms with Crippen LogP contribution in [0, 0.1) is 19.8 Å². The van der Waals surface area contributed by atoms with E-state index in [2.05, 4.69) is 43.4 Å². The number of guanidine groups is 1. The molecule has 0 aliphatic rings. The Morgan fingerprint density at radius 3 is 2.64 bits per heavy atom. The van der Waals surface area contributed by atoms with Crippen molar-refractivity contribution in [1.29, 1.82) is 0 Å². The lowest BCUT2D eigenvalue weighted by molar-refractivity contribution is 0.182. The average molecular weight is 352 g/mol. The first kappa shape index (κ1) is 21.5. The van der Waals surface area contributed by atoms with E-state index in [0.29, 0.717) is 13.2 Å². The molecule has 1 aromatic heterocycles. The lowest BCUT2D eigenvalue weighted by atomic mass is 10.1. The molecule has 0 unspecified atom stereocenters. The Hall–Kier alpha value is -1.56. The van der Waals surface area contributed by atoms with Crippen molar-refractivity contribution in [2.45, 2.75) is 67.0 Å². The van der Waals surface area contributed by atoms with Crippen LogP contribution in [0.15, 0.2) is 4.99 Å². The average Bonchev–Trinajstić information content (AvgIpc) is 2.83. The molecule has 6 heteroatoms. The number of hydrogen-bond acceptors (Lipinski definition) is 3. The maximum atomic E-state index is 5.15. The molecular formula is C19H37N5O. The topological polar surface area (TPSA) is 63.5 Å². The molecule has 0 atom stereocenters. The zero-order valence-corrected chi connectivity index (χ0v) is 17.0. The monoisotopic (exact) mass is 351 g/mol. The van der Waals surface area contributed by atoms with Crippen LogP contribution >= 0.6 is 0 Å². The van der Waals surface area contributed by atoms with Crippen LogP contribution in [0.2, 0.25) is 0 Å². The summed E-state index contributed by atoms with van der Waals surface area (Å²) in [6, 6.07) is 0. The number of aryl methyl sites for hydroxylation is 1. The summed E-state index contributed by atoms with van der Waals surface area (Å²) in [5.41, 5.74) is 3.42. The van der Waals surface area contributed by atoms with E-state index < -0.39 is 0 Å². The van der Waals surface area contributed by atoms with Gasteiger partial charge in [0.2, 0.25) is 0 Å². The molecule has 25 heavy (non-hydrogen) atoms. The predicted molar refractivity (Wildman–Crippen MR) is 105 cm³/mol. The third-order valence-electron chi connectivity index (χ3n) is 4.28. The van der Waals surface area contributed by atoms with Crippen molar-refractivity contribution in [2.75, 3.05) is 26.8 Å². The standard InChI is InChI=1S/C19H37N5O/c1-7-20-19(21-11-9-8-10-15(2)3)22-14-18-16(4)23-24(17(18)5)12-13-25-6/h15H,7-14H2,1-6H3,(H2,20,21,22). The van der Waals surface area contributed by atoms with Gasteiger partial charge in [0, 0.05) is 31.5 Å². The first-order chi connectivity index (χ1) is 12.0. The molecule has 0 saturated heterocycles. The minimum absolute atomic E-state index is 0.645. The van der Waals surface area contributed by atoms with E-state index >= 15 is 0 Å². The number of methoxy groups -OCH3 is 1. The smallest absolute Gasteiger partial charge is 0.191 e. The van der Waals surface area contributed by atoms with Gasteiger partial charge in [0.1, 0.15) is 0 Å². The number of aromatic nitrogens is 2. The van der Waals surface area contributed by atoms with E-state index in [-0.39, 0.29) is 0 Å². The Morgan fingerprint density at radius 1 is 1.24 bits per heavy atom. The molecule has 2 N–H and O–H groups in total. The second kappa shape index (κ2) is 11.9. The van der Waals surface area contributed by atoms with Crippen molar-refractivity contribution < 1.29 is 4.74 Å². The second-order valence-electron chi connectivity index (χ2n) is 6.88. The Kier molecular flexibility index (Phi) is 10.2. The molecule has 0 aliphatic heterocycles. The number of rotatable bonds is 11. The van der Waals surface area contributed by atoms with Crippen LogP contribution in [0.25, 0.3) is 0 Å². The van der Waals surface area contributed by atoms with Gasteiger partial charge in [0.05, 0.1) is 25.4 Å². The molecule has 0 aliphatic carbocycles. The highest BCUT2D eigenvalue weighted by atomic mass is 16.5. The highest BCUT2D eigenvalue weighted by molar-refractivity contribution is 5.79. The van der Waals surface area contributed by atoms with Crippen LogP contribution in [0.1, 0.15) is 57.0 Å². The van der Waals surface area contributed by atoms with Crippen molar-refractivity contribution >= 4 is 5.96 Å². The molecule has 1 heterocycles. The Morgan fingerprint density at radius 2 is 2.00 bits per heavy atom. The summed E-state index contributed by atoms with van der Waals surface area (Å²) in [5.74, 6) is 1.66. The number of nitrogens with zero attached hydrogens (tertiary/aromatic N) is 3. The fourth-order valence-corrected chi connectivity index (χ4v) is 2.74. The molecule has 0 aromatic carbocycles. The highest BCUT2D eigenvalue weighted by Gasteiger charge is 2.11. The maximum absolute atomic E-state index is 5.15. The van der Waals surface area contributed by atoms with Gasteiger partial charge in [0.15, 0.2) is 5.96 Å². The Labute approximate surface area is 153 Å². The van der Waals surface area contributed by atoms with Gasteiger partial charge in [-0.15, -0.1) is 0 Å². The van der Waals surface area contributed by atoms with Crippen molar-refractivity contribution in [3.8, 4) is 0 Å². The summed E-state index contributed by atoms with van der Waals surface area (Å²) >= 11 is 0. The minimum atomic E-state index is 0.645. The lowest BCUT2D eigenvalue weighted by Crippen LogP contribution is -2.37. The second-order valence-corrected chi connectivity index (χ2v) is 6.88. The van der Waals surface area contributed by atoms with E-state index in [9.17, 15) is 0 Å². The van der Waals surface area contributed by atoms with Gasteiger partial charge in [-0.25, -0.2) is 4.99 Å². The van der Waals surface area contributed by atoms with E-state index in [1.165, 1.54) is 30.5 Å². The molecule has 0 fully saturated rings. The highest BCUT2D eigenvalue weighted by Crippen LogP contribution is 2.14. The number of aliphatic imine (C=N–C) groups is 1. The maximum Gasteiger partial charge on any atom is 0.191 e. The van der Waals surface area contributed by atoms with Gasteiger partial charge in [-0.1, -0.05) is 26.7 Å². The molecule has 6 nitrogen and oxygen atoms in total. The SMILES string of the molecule is CCNC(=NCc1c(C)nn(CCOC)c1C)NCCCCC(C)C. The molecule has 1 rings (SSSR count). The van der Waals surface area contributed by atoms with Crippen LogP contribution in [-0.2, 0) is 17.8 Å². The van der Waals surface area contributed by atoms with Gasteiger partial charge in [-0.05, 0) is 33.1 Å². The van der Waals surface area contributed by atoms with Crippen LogP contribution in [0.5, 0.6) is 0 Å². The molecule has 144 valence electrons. The summed E-state index contributed by atoms with van der Waals surface area (Å²) in [4.78, 5) is 4.74. The summed E-state index contributed by atoms with van der Waals surface area (Å²) in [5, 5.41) is 11.4. The van der Waals surface area contributed by atoms with Crippen LogP contribution < -0.4 is 10.6 Å². The molecule has 0 amide bonds. The summed E-state index contributed by atoms with van der Waals surface area (Å²) < 4.78 is 7.16. The first-order valence-corrected chi connectivity index (χ1v) is 9.53. The molecule has 0 bridgehead atoms. The molecule has 0 saturated carbocycles. The summed E-state index contributed by atoms with van der Waals surface area (Å²) in [6.45, 7) is 14.7. The number of unbranched alkanes of at least 4 members (excludes halogenated alkanes) is 1. The van der Waals surface area contributed by atoms with E-state index in [0.717, 1.165) is 37.2 Å². The molecule has 0 radical (unpaired) electrons. The summed E-state index contributed by atoms with van der Waals surface area (Å²) in [7, 11) is 1.71. The van der Waals surface area contributed by atoms with E-state index in [4.69, 9.17) is 9.73 Å². The first-order valence-electron chi connectivity index (χ1n) is 9.53. The fraction of sp³-hybridized carbons (Fsp3) is 0.789. The van der Waals surface area contributed by atoms with E-state index in [1.54, 1.807) is 7.11 Å². The lowest BCUT2D eigenvalue weighted by Gasteiger charge is -2.12. The number of nitrogens with one attached hydrogen (secondary N) is 2. The molecule has 0 spiro atoms. The molecule has 1 aromatic rings. The predicted octanol–water partition coefficient (Wildman–Crippen LogP) is 3.03. The van der Waals surface area contributed by atoms with Crippen molar-refractivity contribution in [3.05, 3.63) is 17.0 Å². The quantitative estimate of drug-likeness (QED) is 0.365. The van der Waals surface area contributed by atoms with Gasteiger partial charge < -0.3 is 15.4 Å². The fourth-order valence-electron chi connectivity index (χ4n) is 2.74. The van der Waals surface area contributed by atoms with Gasteiger partial charge in [-0.3, -0.25) is 4.68 Å². The zero-order valence-electron chi connectivity index (χ0n) is 17.0. The summed E-state index contributed by atoms with van der Waals surface area (Å²) in [6.07, 6.45) is 3.72. The Balaban J connectivity index is 2.60. The number of ether oxygens (including phenoxy) is 1. The zero-order chi connectivity index (χ0) is 18.7. The third kappa shape index (κ3) is 7.90. The number of hydrogen-bond donors (Lipinski definition) is 2. The van der Waals surface area contributed by atoms with Crippen LogP contribution in [-0.4, -0.2) is 42.5 Å². The van der Waals surface area contributed by atoms with Crippen LogP contribution in [0.3, 0.4) is 0 Å². The van der Waals surface area contributed by atoms with Crippen LogP contribution in [0.4, 0.5) is 0 Å². The van der Waals surface area contributed by atoms with E-state index in [1.807, 2.05) is 11.6 Å². The molecular weight excluding hydrogens is 314 g/mol. The van der Waals surface area contributed by atoms with Crippen molar-refractivity contribution in [3.63, 3.8) is 0 Å².